The summed E-state index contributed by atoms with van der Waals surface area (Å²) in [6, 6.07) is 0. The molecule has 0 saturated carbocycles. The van der Waals surface area contributed by atoms with Gasteiger partial charge in [-0.15, -0.1) is 0 Å². The quantitative estimate of drug-likeness (QED) is 0.112. The topological polar surface area (TPSA) is 9.23 Å². The third-order valence-corrected chi connectivity index (χ3v) is 16.7. The Morgan fingerprint density at radius 3 is 0.970 bits per heavy atom. The summed E-state index contributed by atoms with van der Waals surface area (Å²) in [6.07, 6.45) is -39.0. The number of hydrogen-bond acceptors (Lipinski definition) is 1. The van der Waals surface area contributed by atoms with E-state index in [-0.39, 0.29) is 12.8 Å². The van der Waals surface area contributed by atoms with E-state index in [1.54, 1.807) is 0 Å². The Morgan fingerprint density at radius 2 is 0.758 bits per heavy atom. The predicted octanol–water partition coefficient (Wildman–Crippen LogP) is 6.20. The van der Waals surface area contributed by atoms with Crippen LogP contribution < -0.4 is 0 Å². The fourth-order valence-corrected chi connectivity index (χ4v) is 14.0. The first kappa shape index (κ1) is 32.7. The molecular weight excluding hydrogens is 612 g/mol. The third kappa shape index (κ3) is 7.85. The maximum absolute atomic E-state index is 14.9. The van der Waals surface area contributed by atoms with Crippen molar-refractivity contribution in [2.75, 3.05) is 6.61 Å². The molecule has 0 aromatic carbocycles. The van der Waals surface area contributed by atoms with Crippen molar-refractivity contribution in [3.05, 3.63) is 0 Å². The summed E-state index contributed by atoms with van der Waals surface area (Å²) in [7, 11) is 0. The zero-order valence-corrected chi connectivity index (χ0v) is 19.5. The molecule has 0 N–H and O–H groups in total. The van der Waals surface area contributed by atoms with Crippen LogP contribution in [0.25, 0.3) is 0 Å². The third-order valence-electron chi connectivity index (χ3n) is 4.62. The van der Waals surface area contributed by atoms with E-state index in [2.05, 4.69) is 3.07 Å². The van der Waals surface area contributed by atoms with Crippen molar-refractivity contribution in [3.8, 4) is 0 Å². The molecule has 0 amide bonds. The Hall–Kier alpha value is -0.291. The first-order valence-corrected chi connectivity index (χ1v) is 15.4. The first-order chi connectivity index (χ1) is 15.1. The minimum absolute atomic E-state index is 0.00171. The molecule has 0 aromatic heterocycles. The van der Waals surface area contributed by atoms with Crippen molar-refractivity contribution in [1.29, 1.82) is 0 Å². The van der Waals surface area contributed by atoms with Crippen LogP contribution >= 0.6 is 0 Å². The molecule has 0 aliphatic rings. The van der Waals surface area contributed by atoms with Gasteiger partial charge in [-0.3, -0.25) is 0 Å². The van der Waals surface area contributed by atoms with Gasteiger partial charge in [-0.05, 0) is 0 Å². The van der Waals surface area contributed by atoms with E-state index in [9.17, 15) is 65.9 Å². The van der Waals surface area contributed by atoms with E-state index < -0.39 is 94.3 Å². The van der Waals surface area contributed by atoms with Gasteiger partial charge in [-0.25, -0.2) is 0 Å². The van der Waals surface area contributed by atoms with Crippen molar-refractivity contribution >= 4 is 18.8 Å². The molecule has 0 saturated heterocycles. The molecule has 0 spiro atoms. The summed E-state index contributed by atoms with van der Waals surface area (Å²) in [6.45, 7) is 0.168. The Bertz CT molecular complexity index is 479. The number of halogens is 15. The molecule has 9 unspecified atom stereocenters. The van der Waals surface area contributed by atoms with Crippen LogP contribution in [-0.2, 0) is 3.07 Å². The standard InChI is InChI=1S/3C4H4F5.C4H9O.Sn/c3*5-1-2(6)3(7)4(8)9;1-2-3-4-5;/h3*1-4H;2-4H2,1H3;/q;;;-1;+1. The monoisotopic (exact) mass is 634 g/mol. The van der Waals surface area contributed by atoms with E-state index in [4.69, 9.17) is 0 Å². The van der Waals surface area contributed by atoms with Crippen LogP contribution in [0.2, 0.25) is 0 Å². The summed E-state index contributed by atoms with van der Waals surface area (Å²) in [4.78, 5) is 0. The van der Waals surface area contributed by atoms with Crippen LogP contribution in [0.15, 0.2) is 0 Å². The molecule has 1 nitrogen and oxygen atoms in total. The van der Waals surface area contributed by atoms with Crippen molar-refractivity contribution < 1.29 is 68.9 Å². The average Bonchev–Trinajstić information content (AvgIpc) is 2.77. The maximum atomic E-state index is 14.9. The molecule has 0 rings (SSSR count). The van der Waals surface area contributed by atoms with Crippen LogP contribution in [0.5, 0.6) is 0 Å². The van der Waals surface area contributed by atoms with Gasteiger partial charge in [0, 0.05) is 0 Å². The van der Waals surface area contributed by atoms with Crippen LogP contribution in [0.3, 0.4) is 0 Å². The van der Waals surface area contributed by atoms with Crippen molar-refractivity contribution in [3.63, 3.8) is 0 Å². The minimum atomic E-state index is -8.05. The van der Waals surface area contributed by atoms with Crippen molar-refractivity contribution in [1.82, 2.24) is 0 Å². The van der Waals surface area contributed by atoms with Crippen LogP contribution in [0, 0.1) is 0 Å². The summed E-state index contributed by atoms with van der Waals surface area (Å²) in [5.41, 5.74) is 0. The summed E-state index contributed by atoms with van der Waals surface area (Å²) < 4.78 is 193. The van der Waals surface area contributed by atoms with Gasteiger partial charge >= 0.3 is 183 Å². The van der Waals surface area contributed by atoms with Crippen molar-refractivity contribution in [2.24, 2.45) is 0 Å². The average molecular weight is 633 g/mol. The van der Waals surface area contributed by atoms with Crippen LogP contribution in [0.1, 0.15) is 19.8 Å². The number of unbranched alkanes of at least 4 members (excludes halogenated alkanes) is 1. The van der Waals surface area contributed by atoms with Gasteiger partial charge in [0.1, 0.15) is 0 Å². The molecule has 0 fully saturated rings. The molecule has 0 aromatic rings. The van der Waals surface area contributed by atoms with Gasteiger partial charge < -0.3 is 0 Å². The van der Waals surface area contributed by atoms with Crippen LogP contribution in [-0.4, -0.2) is 94.3 Å². The first-order valence-electron chi connectivity index (χ1n) is 9.34. The fourth-order valence-electron chi connectivity index (χ4n) is 2.74. The Morgan fingerprint density at radius 1 is 0.485 bits per heavy atom. The molecule has 9 atom stereocenters. The summed E-state index contributed by atoms with van der Waals surface area (Å²) in [5, 5.41) is 0. The van der Waals surface area contributed by atoms with E-state index in [1.165, 1.54) is 6.92 Å². The second kappa shape index (κ2) is 14.3. The van der Waals surface area contributed by atoms with Gasteiger partial charge in [0.05, 0.1) is 0 Å². The molecule has 0 radical (unpaired) electrons. The van der Waals surface area contributed by atoms with Crippen LogP contribution in [0.4, 0.5) is 65.9 Å². The number of rotatable bonds is 16. The van der Waals surface area contributed by atoms with Gasteiger partial charge in [-0.1, -0.05) is 0 Å². The second-order valence-electron chi connectivity index (χ2n) is 6.93. The molecular formula is C16H21F15OSn. The molecule has 17 heteroatoms. The van der Waals surface area contributed by atoms with E-state index >= 15 is 0 Å². The molecule has 0 aliphatic heterocycles. The molecule has 0 heterocycles. The Balaban J connectivity index is 6.75. The Kier molecular flexibility index (Phi) is 14.2. The van der Waals surface area contributed by atoms with E-state index in [0.29, 0.717) is 0 Å². The van der Waals surface area contributed by atoms with E-state index in [1.807, 2.05) is 0 Å². The van der Waals surface area contributed by atoms with Gasteiger partial charge in [0.15, 0.2) is 0 Å². The van der Waals surface area contributed by atoms with Gasteiger partial charge in [-0.2, -0.15) is 0 Å². The molecule has 200 valence electrons. The molecule has 0 bridgehead atoms. The predicted molar refractivity (Wildman–Crippen MR) is 88.7 cm³/mol. The van der Waals surface area contributed by atoms with Crippen molar-refractivity contribution in [2.45, 2.75) is 88.6 Å². The Labute approximate surface area is 183 Å². The molecule has 33 heavy (non-hydrogen) atoms. The van der Waals surface area contributed by atoms with Gasteiger partial charge in [0.2, 0.25) is 0 Å². The van der Waals surface area contributed by atoms with E-state index in [0.717, 1.165) is 0 Å². The summed E-state index contributed by atoms with van der Waals surface area (Å²) in [5.74, 6) is 0. The fraction of sp³-hybridized carbons (Fsp3) is 1.00. The SMILES string of the molecule is CCCC[O][Sn]([CH](F)C(F)C(F)C(F)F)([CH](F)C(F)C(F)C(F)F)[CH](F)C(F)C(F)C(F)F. The second-order valence-corrected chi connectivity index (χ2v) is 17.3. The normalized spacial score (nSPS) is 23.0. The zero-order valence-electron chi connectivity index (χ0n) is 16.6. The summed E-state index contributed by atoms with van der Waals surface area (Å²) >= 11 is -8.05. The molecule has 0 aliphatic carbocycles. The van der Waals surface area contributed by atoms with Gasteiger partial charge in [0.25, 0.3) is 0 Å². The number of hydrogen-bond donors (Lipinski definition) is 0. The zero-order chi connectivity index (χ0) is 26.3. The number of alkyl halides is 15.